The number of rotatable bonds is 6. The highest BCUT2D eigenvalue weighted by Gasteiger charge is 2.35. The van der Waals surface area contributed by atoms with Gasteiger partial charge in [-0.2, -0.15) is 45.6 Å². The molecule has 1 aliphatic rings. The van der Waals surface area contributed by atoms with E-state index in [0.717, 1.165) is 35.3 Å². The van der Waals surface area contributed by atoms with Crippen LogP contribution in [0.5, 0.6) is 0 Å². The van der Waals surface area contributed by atoms with E-state index < -0.39 is 57.0 Å². The van der Waals surface area contributed by atoms with Gasteiger partial charge >= 0.3 is 0 Å². The Morgan fingerprint density at radius 1 is 0.811 bits per heavy atom. The molecule has 0 unspecified atom stereocenters. The molecule has 0 saturated heterocycles. The lowest BCUT2D eigenvalue weighted by atomic mass is 10.1. The number of amides is 1. The smallest absolute Gasteiger partial charge is 0.282 e. The molecule has 3 aromatic rings. The van der Waals surface area contributed by atoms with Crippen molar-refractivity contribution in [3.05, 3.63) is 54.6 Å². The molecule has 1 atom stereocenters. The van der Waals surface area contributed by atoms with Gasteiger partial charge in [0.15, 0.2) is 6.04 Å². The molecular formula is C20H16N4O10S3. The Morgan fingerprint density at radius 2 is 1.43 bits per heavy atom. The minimum Gasteiger partial charge on any atom is -0.282 e. The SMILES string of the molecule is CC1=NN(c2ccc(S(=O)(=O)O)cc2)C(=O)[C@H]1N=Nc1cc(S(=O)(=O)O)c2cccc(S(=O)(=O)O)c2c1. The normalized spacial score (nSPS) is 17.1. The molecule has 194 valence electrons. The van der Waals surface area contributed by atoms with E-state index in [2.05, 4.69) is 15.3 Å². The standard InChI is InChI=1S/C20H16N4O10S3/c1-11-19(20(25)24(23-11)13-5-7-14(8-6-13)35(26,27)28)22-21-12-9-16-15(18(10-12)37(32,33)34)3-2-4-17(16)36(29,30)31/h2-10,19H,1H3,(H,26,27,28)(H,29,30,31)(H,32,33,34)/t19-/m0/s1. The van der Waals surface area contributed by atoms with Gasteiger partial charge in [-0.3, -0.25) is 18.5 Å². The van der Waals surface area contributed by atoms with Crippen LogP contribution < -0.4 is 5.01 Å². The average Bonchev–Trinajstić information content (AvgIpc) is 3.08. The molecule has 37 heavy (non-hydrogen) atoms. The van der Waals surface area contributed by atoms with Crippen molar-refractivity contribution >= 4 is 64.1 Å². The molecular weight excluding hydrogens is 552 g/mol. The van der Waals surface area contributed by atoms with Crippen LogP contribution in [0, 0.1) is 0 Å². The highest BCUT2D eigenvalue weighted by molar-refractivity contribution is 7.86. The second-order valence-electron chi connectivity index (χ2n) is 7.72. The zero-order valence-corrected chi connectivity index (χ0v) is 20.9. The van der Waals surface area contributed by atoms with Crippen LogP contribution in [0.4, 0.5) is 11.4 Å². The Labute approximate surface area is 210 Å². The van der Waals surface area contributed by atoms with E-state index >= 15 is 0 Å². The molecule has 0 aromatic heterocycles. The minimum atomic E-state index is -4.87. The molecule has 1 heterocycles. The van der Waals surface area contributed by atoms with Crippen LogP contribution in [0.25, 0.3) is 10.8 Å². The fourth-order valence-electron chi connectivity index (χ4n) is 3.56. The van der Waals surface area contributed by atoms with Gasteiger partial charge in [-0.25, -0.2) is 0 Å². The maximum absolute atomic E-state index is 12.9. The number of carbonyl (C=O) groups is 1. The van der Waals surface area contributed by atoms with E-state index in [1.54, 1.807) is 0 Å². The number of nitrogens with zero attached hydrogens (tertiary/aromatic N) is 4. The molecule has 0 saturated carbocycles. The van der Waals surface area contributed by atoms with E-state index in [-0.39, 0.29) is 27.9 Å². The summed E-state index contributed by atoms with van der Waals surface area (Å²) in [6, 6.07) is 8.75. The summed E-state index contributed by atoms with van der Waals surface area (Å²) in [5, 5.41) is 12.3. The molecule has 0 bridgehead atoms. The second kappa shape index (κ2) is 9.05. The molecule has 14 nitrogen and oxygen atoms in total. The summed E-state index contributed by atoms with van der Waals surface area (Å²) in [5.74, 6) is -0.699. The lowest BCUT2D eigenvalue weighted by Gasteiger charge is -2.12. The van der Waals surface area contributed by atoms with Crippen LogP contribution >= 0.6 is 0 Å². The van der Waals surface area contributed by atoms with Crippen molar-refractivity contribution < 1.29 is 43.7 Å². The quantitative estimate of drug-likeness (QED) is 0.291. The monoisotopic (exact) mass is 568 g/mol. The number of azo groups is 1. The molecule has 0 radical (unpaired) electrons. The van der Waals surface area contributed by atoms with Gasteiger partial charge in [-0.05, 0) is 49.4 Å². The summed E-state index contributed by atoms with van der Waals surface area (Å²) in [5.41, 5.74) is 0.0708. The lowest BCUT2D eigenvalue weighted by Crippen LogP contribution is -2.29. The van der Waals surface area contributed by atoms with Crippen LogP contribution in [0.3, 0.4) is 0 Å². The van der Waals surface area contributed by atoms with Gasteiger partial charge in [0.1, 0.15) is 9.79 Å². The molecule has 3 aromatic carbocycles. The Hall–Kier alpha value is -3.61. The second-order valence-corrected chi connectivity index (χ2v) is 11.9. The number of hydrazone groups is 1. The van der Waals surface area contributed by atoms with Gasteiger partial charge in [0.25, 0.3) is 36.3 Å². The first kappa shape index (κ1) is 26.5. The van der Waals surface area contributed by atoms with Crippen molar-refractivity contribution in [2.75, 3.05) is 5.01 Å². The van der Waals surface area contributed by atoms with E-state index in [9.17, 15) is 39.2 Å². The summed E-state index contributed by atoms with van der Waals surface area (Å²) in [6.45, 7) is 1.45. The van der Waals surface area contributed by atoms with Gasteiger partial charge in [0.2, 0.25) is 0 Å². The number of anilines is 1. The predicted octanol–water partition coefficient (Wildman–Crippen LogP) is 2.45. The Bertz CT molecular complexity index is 1830. The first-order valence-electron chi connectivity index (χ1n) is 9.96. The van der Waals surface area contributed by atoms with Crippen molar-refractivity contribution in [3.63, 3.8) is 0 Å². The molecule has 3 N–H and O–H groups in total. The summed E-state index contributed by atoms with van der Waals surface area (Å²) >= 11 is 0. The van der Waals surface area contributed by atoms with E-state index in [1.807, 2.05) is 0 Å². The minimum absolute atomic E-state index is 0.159. The summed E-state index contributed by atoms with van der Waals surface area (Å²) in [4.78, 5) is 11.2. The number of hydrogen-bond donors (Lipinski definition) is 3. The fraction of sp³-hybridized carbons (Fsp3) is 0.100. The summed E-state index contributed by atoms with van der Waals surface area (Å²) < 4.78 is 98.2. The molecule has 4 rings (SSSR count). The third-order valence-corrected chi connectivity index (χ3v) is 7.90. The van der Waals surface area contributed by atoms with Crippen LogP contribution in [-0.2, 0) is 35.1 Å². The largest absolute Gasteiger partial charge is 0.295 e. The van der Waals surface area contributed by atoms with Gasteiger partial charge in [-0.15, -0.1) is 0 Å². The molecule has 1 aliphatic heterocycles. The predicted molar refractivity (Wildman–Crippen MR) is 129 cm³/mol. The topological polar surface area (TPSA) is 220 Å². The Balaban J connectivity index is 1.73. The zero-order valence-electron chi connectivity index (χ0n) is 18.5. The first-order valence-corrected chi connectivity index (χ1v) is 14.3. The van der Waals surface area contributed by atoms with Gasteiger partial charge in [0, 0.05) is 10.8 Å². The van der Waals surface area contributed by atoms with Crippen molar-refractivity contribution in [2.24, 2.45) is 15.3 Å². The number of fused-ring (bicyclic) bond motifs is 1. The van der Waals surface area contributed by atoms with Gasteiger partial charge in [-0.1, -0.05) is 12.1 Å². The van der Waals surface area contributed by atoms with Crippen molar-refractivity contribution in [2.45, 2.75) is 27.7 Å². The number of benzene rings is 3. The first-order chi connectivity index (χ1) is 17.1. The van der Waals surface area contributed by atoms with Gasteiger partial charge < -0.3 is 0 Å². The van der Waals surface area contributed by atoms with Crippen LogP contribution in [0.15, 0.2) is 84.6 Å². The van der Waals surface area contributed by atoms with Crippen LogP contribution in [-0.4, -0.2) is 56.6 Å². The zero-order chi connectivity index (χ0) is 27.3. The third-order valence-electron chi connectivity index (χ3n) is 5.22. The molecule has 0 spiro atoms. The van der Waals surface area contributed by atoms with E-state index in [0.29, 0.717) is 0 Å². The number of hydrogen-bond acceptors (Lipinski definition) is 10. The highest BCUT2D eigenvalue weighted by atomic mass is 32.2. The Morgan fingerprint density at radius 3 is 2.00 bits per heavy atom. The molecule has 17 heteroatoms. The maximum atomic E-state index is 12.9. The molecule has 1 amide bonds. The number of carbonyl (C=O) groups excluding carboxylic acids is 1. The van der Waals surface area contributed by atoms with Crippen molar-refractivity contribution in [3.8, 4) is 0 Å². The van der Waals surface area contributed by atoms with E-state index in [4.69, 9.17) is 4.55 Å². The van der Waals surface area contributed by atoms with Gasteiger partial charge in [0.05, 0.1) is 22.0 Å². The maximum Gasteiger partial charge on any atom is 0.295 e. The lowest BCUT2D eigenvalue weighted by molar-refractivity contribution is -0.117. The summed E-state index contributed by atoms with van der Waals surface area (Å²) in [7, 11) is -14.1. The average molecular weight is 569 g/mol. The van der Waals surface area contributed by atoms with Crippen molar-refractivity contribution in [1.82, 2.24) is 0 Å². The van der Waals surface area contributed by atoms with E-state index in [1.165, 1.54) is 31.2 Å². The molecule has 0 aliphatic carbocycles. The van der Waals surface area contributed by atoms with Crippen molar-refractivity contribution in [1.29, 1.82) is 0 Å². The van der Waals surface area contributed by atoms with Crippen LogP contribution in [0.2, 0.25) is 0 Å². The highest BCUT2D eigenvalue weighted by Crippen LogP contribution is 2.33. The summed E-state index contributed by atoms with van der Waals surface area (Å²) in [6.07, 6.45) is 0. The Kier molecular flexibility index (Phi) is 6.47. The molecule has 0 fully saturated rings. The fourth-order valence-corrected chi connectivity index (χ4v) is 5.47. The third kappa shape index (κ3) is 5.26. The van der Waals surface area contributed by atoms with Crippen LogP contribution in [0.1, 0.15) is 6.92 Å².